The molecule has 1 aromatic heterocycles. The van der Waals surface area contributed by atoms with Crippen molar-refractivity contribution in [3.63, 3.8) is 0 Å². The van der Waals surface area contributed by atoms with E-state index in [1.165, 1.54) is 31.5 Å². The monoisotopic (exact) mass is 346 g/mol. The number of halogens is 3. The maximum absolute atomic E-state index is 12.8. The lowest BCUT2D eigenvalue weighted by Crippen LogP contribution is -2.13. The number of nitrogens with one attached hydrogen (secondary N) is 1. The Kier molecular flexibility index (Phi) is 4.31. The number of rotatable bonds is 3. The molecule has 4 nitrogen and oxygen atoms in total. The number of hydrogen-bond donors (Lipinski definition) is 1. The average molecular weight is 346 g/mol. The third-order valence-electron chi connectivity index (χ3n) is 3.64. The van der Waals surface area contributed by atoms with Crippen molar-refractivity contribution in [2.24, 2.45) is 0 Å². The highest BCUT2D eigenvalue weighted by atomic mass is 19.4. The van der Waals surface area contributed by atoms with Crippen LogP contribution in [0.25, 0.3) is 10.9 Å². The molecule has 0 saturated heterocycles. The number of carbonyl (C=O) groups excluding carboxylic acids is 1. The van der Waals surface area contributed by atoms with Crippen LogP contribution in [0.15, 0.2) is 54.7 Å². The summed E-state index contributed by atoms with van der Waals surface area (Å²) in [6, 6.07) is 11.0. The zero-order chi connectivity index (χ0) is 18.0. The smallest absolute Gasteiger partial charge is 0.416 e. The van der Waals surface area contributed by atoms with E-state index in [4.69, 9.17) is 4.74 Å². The second-order valence-electron chi connectivity index (χ2n) is 5.27. The van der Waals surface area contributed by atoms with Crippen molar-refractivity contribution >= 4 is 22.5 Å². The average Bonchev–Trinajstić information content (AvgIpc) is 2.60. The predicted octanol–water partition coefficient (Wildman–Crippen LogP) is 4.51. The van der Waals surface area contributed by atoms with Gasteiger partial charge in [-0.2, -0.15) is 13.2 Å². The van der Waals surface area contributed by atoms with Crippen LogP contribution in [0.4, 0.5) is 18.9 Å². The number of alkyl halides is 3. The van der Waals surface area contributed by atoms with E-state index in [0.717, 1.165) is 12.1 Å². The van der Waals surface area contributed by atoms with Gasteiger partial charge in [0.15, 0.2) is 0 Å². The van der Waals surface area contributed by atoms with Crippen molar-refractivity contribution in [1.29, 1.82) is 0 Å². The molecule has 1 N–H and O–H groups in total. The first-order valence-corrected chi connectivity index (χ1v) is 7.30. The number of benzene rings is 2. The number of amides is 1. The highest BCUT2D eigenvalue weighted by Gasteiger charge is 2.30. The van der Waals surface area contributed by atoms with Gasteiger partial charge in [-0.1, -0.05) is 6.07 Å². The van der Waals surface area contributed by atoms with E-state index in [-0.39, 0.29) is 5.69 Å². The van der Waals surface area contributed by atoms with Crippen LogP contribution in [0.5, 0.6) is 5.75 Å². The SMILES string of the molecule is COc1ccc2c(C(=O)Nc3cccc(C(F)(F)F)c3)ccnc2c1. The lowest BCUT2D eigenvalue weighted by molar-refractivity contribution is -0.137. The highest BCUT2D eigenvalue weighted by Crippen LogP contribution is 2.31. The van der Waals surface area contributed by atoms with Crippen molar-refractivity contribution in [1.82, 2.24) is 4.98 Å². The summed E-state index contributed by atoms with van der Waals surface area (Å²) in [5.41, 5.74) is 0.106. The second-order valence-corrected chi connectivity index (χ2v) is 5.27. The molecule has 2 aromatic carbocycles. The van der Waals surface area contributed by atoms with E-state index in [1.54, 1.807) is 18.2 Å². The van der Waals surface area contributed by atoms with Crippen LogP contribution in [0.1, 0.15) is 15.9 Å². The van der Waals surface area contributed by atoms with Crippen LogP contribution in [-0.2, 0) is 6.18 Å². The summed E-state index contributed by atoms with van der Waals surface area (Å²) in [6.45, 7) is 0. The first-order chi connectivity index (χ1) is 11.9. The van der Waals surface area contributed by atoms with Gasteiger partial charge in [0.2, 0.25) is 0 Å². The van der Waals surface area contributed by atoms with Gasteiger partial charge in [-0.05, 0) is 36.4 Å². The molecule has 128 valence electrons. The fraction of sp³-hybridized carbons (Fsp3) is 0.111. The summed E-state index contributed by atoms with van der Waals surface area (Å²) in [5.74, 6) is 0.0762. The lowest BCUT2D eigenvalue weighted by atomic mass is 10.1. The number of ether oxygens (including phenoxy) is 1. The lowest BCUT2D eigenvalue weighted by Gasteiger charge is -2.11. The van der Waals surface area contributed by atoms with Crippen LogP contribution >= 0.6 is 0 Å². The van der Waals surface area contributed by atoms with Gasteiger partial charge in [0, 0.05) is 23.3 Å². The van der Waals surface area contributed by atoms with Gasteiger partial charge < -0.3 is 10.1 Å². The number of nitrogens with zero attached hydrogens (tertiary/aromatic N) is 1. The number of anilines is 1. The molecule has 0 fully saturated rings. The van der Waals surface area contributed by atoms with E-state index >= 15 is 0 Å². The minimum atomic E-state index is -4.47. The zero-order valence-corrected chi connectivity index (χ0v) is 13.1. The fourth-order valence-electron chi connectivity index (χ4n) is 2.42. The van der Waals surface area contributed by atoms with Crippen molar-refractivity contribution in [3.05, 3.63) is 65.9 Å². The highest BCUT2D eigenvalue weighted by molar-refractivity contribution is 6.12. The minimum absolute atomic E-state index is 0.0679. The normalized spacial score (nSPS) is 11.4. The van der Waals surface area contributed by atoms with E-state index in [9.17, 15) is 18.0 Å². The van der Waals surface area contributed by atoms with Gasteiger partial charge in [-0.25, -0.2) is 0 Å². The standard InChI is InChI=1S/C18H13F3N2O2/c1-25-13-5-6-14-15(7-8-22-16(14)10-13)17(24)23-12-4-2-3-11(9-12)18(19,20)21/h2-10H,1H3,(H,23,24). The number of aromatic nitrogens is 1. The second kappa shape index (κ2) is 6.43. The van der Waals surface area contributed by atoms with E-state index in [2.05, 4.69) is 10.3 Å². The summed E-state index contributed by atoms with van der Waals surface area (Å²) < 4.78 is 43.4. The summed E-state index contributed by atoms with van der Waals surface area (Å²) in [7, 11) is 1.52. The molecule has 0 spiro atoms. The Balaban J connectivity index is 1.93. The van der Waals surface area contributed by atoms with Crippen LogP contribution in [0.2, 0.25) is 0 Å². The van der Waals surface area contributed by atoms with Crippen LogP contribution in [0, 0.1) is 0 Å². The van der Waals surface area contributed by atoms with Crippen molar-refractivity contribution in [2.45, 2.75) is 6.18 Å². The zero-order valence-electron chi connectivity index (χ0n) is 13.1. The molecule has 0 aliphatic carbocycles. The third kappa shape index (κ3) is 3.55. The van der Waals surface area contributed by atoms with Crippen molar-refractivity contribution < 1.29 is 22.7 Å². The van der Waals surface area contributed by atoms with Gasteiger partial charge in [0.1, 0.15) is 5.75 Å². The van der Waals surface area contributed by atoms with Gasteiger partial charge in [0.05, 0.1) is 23.8 Å². The summed E-state index contributed by atoms with van der Waals surface area (Å²) in [4.78, 5) is 16.7. The van der Waals surface area contributed by atoms with Gasteiger partial charge in [0.25, 0.3) is 5.91 Å². The molecule has 0 atom stereocenters. The maximum atomic E-state index is 12.8. The maximum Gasteiger partial charge on any atom is 0.416 e. The topological polar surface area (TPSA) is 51.2 Å². The Morgan fingerprint density at radius 1 is 1.12 bits per heavy atom. The molecule has 3 rings (SSSR count). The molecule has 3 aromatic rings. The van der Waals surface area contributed by atoms with Gasteiger partial charge >= 0.3 is 6.18 Å². The molecule has 0 radical (unpaired) electrons. The van der Waals surface area contributed by atoms with E-state index in [1.807, 2.05) is 0 Å². The predicted molar refractivity (Wildman–Crippen MR) is 87.7 cm³/mol. The molecular formula is C18H13F3N2O2. The molecule has 0 bridgehead atoms. The van der Waals surface area contributed by atoms with Crippen LogP contribution in [-0.4, -0.2) is 18.0 Å². The molecule has 1 heterocycles. The molecule has 0 saturated carbocycles. The summed E-state index contributed by atoms with van der Waals surface area (Å²) in [5, 5.41) is 3.07. The number of fused-ring (bicyclic) bond motifs is 1. The quantitative estimate of drug-likeness (QED) is 0.759. The van der Waals surface area contributed by atoms with Crippen LogP contribution < -0.4 is 10.1 Å². The van der Waals surface area contributed by atoms with Crippen molar-refractivity contribution in [2.75, 3.05) is 12.4 Å². The molecule has 0 aliphatic heterocycles. The third-order valence-corrected chi connectivity index (χ3v) is 3.64. The Bertz CT molecular complexity index is 939. The molecule has 0 unspecified atom stereocenters. The van der Waals surface area contributed by atoms with E-state index in [0.29, 0.717) is 22.2 Å². The molecule has 25 heavy (non-hydrogen) atoms. The van der Waals surface area contributed by atoms with Gasteiger partial charge in [-0.3, -0.25) is 9.78 Å². The molecule has 1 amide bonds. The first kappa shape index (κ1) is 16.8. The number of methoxy groups -OCH3 is 1. The number of carbonyl (C=O) groups is 1. The first-order valence-electron chi connectivity index (χ1n) is 7.30. The summed E-state index contributed by atoms with van der Waals surface area (Å²) in [6.07, 6.45) is -3.01. The van der Waals surface area contributed by atoms with Crippen molar-refractivity contribution in [3.8, 4) is 5.75 Å². The van der Waals surface area contributed by atoms with Crippen LogP contribution in [0.3, 0.4) is 0 Å². The molecule has 0 aliphatic rings. The Hall–Kier alpha value is -3.09. The molecule has 7 heteroatoms. The Labute approximate surface area is 141 Å². The largest absolute Gasteiger partial charge is 0.497 e. The Morgan fingerprint density at radius 2 is 1.92 bits per heavy atom. The Morgan fingerprint density at radius 3 is 2.64 bits per heavy atom. The number of hydrogen-bond acceptors (Lipinski definition) is 3. The minimum Gasteiger partial charge on any atom is -0.497 e. The molecular weight excluding hydrogens is 333 g/mol. The fourth-order valence-corrected chi connectivity index (χ4v) is 2.42. The number of pyridine rings is 1. The van der Waals surface area contributed by atoms with Gasteiger partial charge in [-0.15, -0.1) is 0 Å². The van der Waals surface area contributed by atoms with E-state index < -0.39 is 17.6 Å². The summed E-state index contributed by atoms with van der Waals surface area (Å²) >= 11 is 0.